The summed E-state index contributed by atoms with van der Waals surface area (Å²) in [5, 5.41) is 26.3. The van der Waals surface area contributed by atoms with Gasteiger partial charge >= 0.3 is 5.97 Å². The number of hydrogen-bond acceptors (Lipinski definition) is 10. The van der Waals surface area contributed by atoms with Crippen LogP contribution in [0.2, 0.25) is 0 Å². The molecule has 2 aromatic carbocycles. The normalized spacial score (nSPS) is 13.4. The summed E-state index contributed by atoms with van der Waals surface area (Å²) in [7, 11) is 0. The fourth-order valence-corrected chi connectivity index (χ4v) is 5.46. The quantitative estimate of drug-likeness (QED) is 0.0514. The van der Waals surface area contributed by atoms with E-state index in [4.69, 9.17) is 11.5 Å². The monoisotopic (exact) mass is 835 g/mol. The molecule has 5 atom stereocenters. The van der Waals surface area contributed by atoms with Crippen molar-refractivity contribution in [3.8, 4) is 0 Å². The highest BCUT2D eigenvalue weighted by molar-refractivity contribution is 6.00. The SMILES string of the molecule is CC(C)[C@H](NC(=O)[C@@H](NC(=O)[C@@H](NC(=O)[C@H](CCC(N)=O)NC(=O)/C=C/C(=O)NCC(=O)NCC(=O)N[C@@H](Cc1ccccc1)C(=O)O)c1ccccc1)C(C)C)C(N)=O. The number of primary amides is 2. The van der Waals surface area contributed by atoms with Gasteiger partial charge < -0.3 is 53.8 Å². The van der Waals surface area contributed by atoms with Crippen molar-refractivity contribution in [2.24, 2.45) is 23.3 Å². The molecule has 0 aliphatic rings. The van der Waals surface area contributed by atoms with Crippen molar-refractivity contribution < 1.29 is 53.1 Å². The van der Waals surface area contributed by atoms with Crippen LogP contribution in [0, 0.1) is 11.8 Å². The Balaban J connectivity index is 2.06. The van der Waals surface area contributed by atoms with Crippen LogP contribution in [-0.4, -0.2) is 101 Å². The number of carboxylic acid groups (broad SMARTS) is 1. The molecule has 0 saturated heterocycles. The highest BCUT2D eigenvalue weighted by atomic mass is 16.4. The number of benzene rings is 2. The van der Waals surface area contributed by atoms with Crippen LogP contribution >= 0.6 is 0 Å². The number of nitrogens with one attached hydrogen (secondary N) is 7. The van der Waals surface area contributed by atoms with Crippen molar-refractivity contribution in [2.45, 2.75) is 77.2 Å². The molecule has 2 rings (SSSR count). The lowest BCUT2D eigenvalue weighted by Crippen LogP contribution is -2.58. The molecule has 324 valence electrons. The van der Waals surface area contributed by atoms with Gasteiger partial charge in [-0.2, -0.15) is 0 Å². The van der Waals surface area contributed by atoms with E-state index in [-0.39, 0.29) is 30.7 Å². The van der Waals surface area contributed by atoms with E-state index in [1.165, 1.54) is 12.1 Å². The zero-order valence-electron chi connectivity index (χ0n) is 33.7. The van der Waals surface area contributed by atoms with E-state index in [0.717, 1.165) is 12.2 Å². The van der Waals surface area contributed by atoms with Crippen LogP contribution in [0.5, 0.6) is 0 Å². The molecule has 60 heavy (non-hydrogen) atoms. The Morgan fingerprint density at radius 1 is 0.600 bits per heavy atom. The minimum absolute atomic E-state index is 0.00864. The van der Waals surface area contributed by atoms with E-state index in [9.17, 15) is 53.1 Å². The fourth-order valence-electron chi connectivity index (χ4n) is 5.46. The summed E-state index contributed by atoms with van der Waals surface area (Å²) in [5.74, 6) is -9.62. The molecule has 0 fully saturated rings. The second-order valence-electron chi connectivity index (χ2n) is 14.3. The molecule has 2 aromatic rings. The average Bonchev–Trinajstić information content (AvgIpc) is 3.19. The van der Waals surface area contributed by atoms with Gasteiger partial charge in [-0.3, -0.25) is 43.2 Å². The zero-order valence-corrected chi connectivity index (χ0v) is 33.7. The molecule has 9 amide bonds. The summed E-state index contributed by atoms with van der Waals surface area (Å²) < 4.78 is 0. The van der Waals surface area contributed by atoms with Crippen LogP contribution < -0.4 is 48.7 Å². The average molecular weight is 836 g/mol. The minimum atomic E-state index is -1.46. The van der Waals surface area contributed by atoms with E-state index in [0.29, 0.717) is 5.56 Å². The summed E-state index contributed by atoms with van der Waals surface area (Å²) in [4.78, 5) is 126. The predicted octanol–water partition coefficient (Wildman–Crippen LogP) is -2.04. The molecule has 0 aliphatic heterocycles. The summed E-state index contributed by atoms with van der Waals surface area (Å²) in [6.07, 6.45) is 0.819. The number of amides is 9. The maximum Gasteiger partial charge on any atom is 0.326 e. The molecular formula is C40H53N9O11. The smallest absolute Gasteiger partial charge is 0.326 e. The minimum Gasteiger partial charge on any atom is -0.480 e. The second kappa shape index (κ2) is 24.6. The van der Waals surface area contributed by atoms with Crippen molar-refractivity contribution in [2.75, 3.05) is 13.1 Å². The summed E-state index contributed by atoms with van der Waals surface area (Å²) in [6.45, 7) is 5.46. The van der Waals surface area contributed by atoms with E-state index in [1.54, 1.807) is 76.2 Å². The number of aliphatic carboxylic acids is 1. The van der Waals surface area contributed by atoms with Crippen LogP contribution in [0.1, 0.15) is 57.7 Å². The van der Waals surface area contributed by atoms with Gasteiger partial charge in [0.05, 0.1) is 13.1 Å². The molecule has 0 aromatic heterocycles. The molecule has 0 aliphatic carbocycles. The Kier molecular flexibility index (Phi) is 20.1. The van der Waals surface area contributed by atoms with Crippen LogP contribution in [0.25, 0.3) is 0 Å². The maximum absolute atomic E-state index is 13.8. The second-order valence-corrected chi connectivity index (χ2v) is 14.3. The molecule has 0 unspecified atom stereocenters. The number of rotatable bonds is 24. The summed E-state index contributed by atoms with van der Waals surface area (Å²) >= 11 is 0. The first-order chi connectivity index (χ1) is 28.3. The van der Waals surface area contributed by atoms with Gasteiger partial charge in [0, 0.05) is 25.0 Å². The van der Waals surface area contributed by atoms with Crippen molar-refractivity contribution in [3.05, 3.63) is 83.9 Å². The molecule has 0 saturated carbocycles. The largest absolute Gasteiger partial charge is 0.480 e. The fraction of sp³-hybridized carbons (Fsp3) is 0.400. The molecule has 0 spiro atoms. The van der Waals surface area contributed by atoms with E-state index in [2.05, 4.69) is 37.2 Å². The molecule has 0 heterocycles. The third-order valence-corrected chi connectivity index (χ3v) is 8.68. The van der Waals surface area contributed by atoms with Gasteiger partial charge in [-0.25, -0.2) is 4.79 Å². The van der Waals surface area contributed by atoms with Crippen LogP contribution in [0.3, 0.4) is 0 Å². The number of carbonyl (C=O) groups is 10. The van der Waals surface area contributed by atoms with Gasteiger partial charge in [-0.15, -0.1) is 0 Å². The molecule has 12 N–H and O–H groups in total. The Morgan fingerprint density at radius 3 is 1.70 bits per heavy atom. The van der Waals surface area contributed by atoms with Gasteiger partial charge in [0.1, 0.15) is 30.2 Å². The first-order valence-corrected chi connectivity index (χ1v) is 18.9. The number of carboxylic acids is 1. The van der Waals surface area contributed by atoms with E-state index >= 15 is 0 Å². The lowest BCUT2D eigenvalue weighted by molar-refractivity contribution is -0.141. The predicted molar refractivity (Wildman–Crippen MR) is 215 cm³/mol. The third-order valence-electron chi connectivity index (χ3n) is 8.68. The topological polar surface area (TPSA) is 327 Å². The Bertz CT molecular complexity index is 1890. The van der Waals surface area contributed by atoms with Gasteiger partial charge in [0.15, 0.2) is 0 Å². The Labute approximate surface area is 346 Å². The van der Waals surface area contributed by atoms with Crippen molar-refractivity contribution in [1.29, 1.82) is 0 Å². The van der Waals surface area contributed by atoms with E-state index < -0.39 is 108 Å². The van der Waals surface area contributed by atoms with Gasteiger partial charge in [0.2, 0.25) is 53.2 Å². The lowest BCUT2D eigenvalue weighted by Gasteiger charge is -2.28. The Hall–Kier alpha value is -7.12. The maximum atomic E-state index is 13.8. The summed E-state index contributed by atoms with van der Waals surface area (Å²) in [6, 6.07) is 10.2. The first kappa shape index (κ1) is 49.0. The standard InChI is InChI=1S/C40H53N9O11/c1-22(2)33(36(42)55)47-38(57)34(23(3)4)48-39(58)35(25-13-9-6-10-14-25)49-37(56)26(15-16-28(41)50)45-30(52)18-17-29(51)43-20-31(53)44-21-32(54)46-27(40(59)60)19-24-11-7-5-8-12-24/h5-14,17-18,22-23,26-27,33-35H,15-16,19-21H2,1-4H3,(H2,41,50)(H2,42,55)(H,43,51)(H,44,53)(H,45,52)(H,46,54)(H,47,57)(H,48,58)(H,49,56)(H,59,60)/b18-17+/t26-,27-,33-,34-,35-/m0/s1. The highest BCUT2D eigenvalue weighted by Crippen LogP contribution is 2.16. The number of nitrogens with two attached hydrogens (primary N) is 2. The van der Waals surface area contributed by atoms with Crippen molar-refractivity contribution >= 4 is 59.1 Å². The Morgan fingerprint density at radius 2 is 1.15 bits per heavy atom. The molecular weight excluding hydrogens is 782 g/mol. The first-order valence-electron chi connectivity index (χ1n) is 18.9. The number of hydrogen-bond donors (Lipinski definition) is 10. The number of carbonyl (C=O) groups excluding carboxylic acids is 9. The van der Waals surface area contributed by atoms with Crippen molar-refractivity contribution in [1.82, 2.24) is 37.2 Å². The molecule has 0 bridgehead atoms. The zero-order chi connectivity index (χ0) is 44.9. The van der Waals surface area contributed by atoms with Crippen LogP contribution in [-0.2, 0) is 54.4 Å². The molecule has 0 radical (unpaired) electrons. The van der Waals surface area contributed by atoms with Crippen LogP contribution in [0.4, 0.5) is 0 Å². The van der Waals surface area contributed by atoms with Crippen LogP contribution in [0.15, 0.2) is 72.8 Å². The van der Waals surface area contributed by atoms with E-state index in [1.807, 2.05) is 0 Å². The summed E-state index contributed by atoms with van der Waals surface area (Å²) in [5.41, 5.74) is 11.7. The molecule has 20 nitrogen and oxygen atoms in total. The van der Waals surface area contributed by atoms with Gasteiger partial charge in [0.25, 0.3) is 0 Å². The van der Waals surface area contributed by atoms with Gasteiger partial charge in [-0.1, -0.05) is 88.4 Å². The van der Waals surface area contributed by atoms with Gasteiger partial charge in [-0.05, 0) is 29.4 Å². The third kappa shape index (κ3) is 17.6. The van der Waals surface area contributed by atoms with Crippen molar-refractivity contribution in [3.63, 3.8) is 0 Å². The molecule has 20 heteroatoms. The lowest BCUT2D eigenvalue weighted by atomic mass is 9.98. The highest BCUT2D eigenvalue weighted by Gasteiger charge is 2.33.